The number of rotatable bonds is 5. The number of carbonyl (C=O) groups excluding carboxylic acids is 1. The molecule has 1 aliphatic heterocycles. The molecule has 0 bridgehead atoms. The van der Waals surface area contributed by atoms with Crippen LogP contribution in [0.2, 0.25) is 0 Å². The first kappa shape index (κ1) is 15.7. The minimum atomic E-state index is 0.141. The van der Waals surface area contributed by atoms with Crippen LogP contribution >= 0.6 is 15.9 Å². The van der Waals surface area contributed by atoms with E-state index in [2.05, 4.69) is 51.7 Å². The van der Waals surface area contributed by atoms with E-state index >= 15 is 0 Å². The highest BCUT2D eigenvalue weighted by atomic mass is 79.9. The van der Waals surface area contributed by atoms with Gasteiger partial charge in [0, 0.05) is 44.3 Å². The molecule has 0 atom stereocenters. The molecule has 1 saturated heterocycles. The predicted octanol–water partition coefficient (Wildman–Crippen LogP) is 2.79. The van der Waals surface area contributed by atoms with Gasteiger partial charge in [-0.1, -0.05) is 40.2 Å². The van der Waals surface area contributed by atoms with Gasteiger partial charge in [0.05, 0.1) is 5.33 Å². The first-order chi connectivity index (χ1) is 9.60. The Bertz CT molecular complexity index is 436. The van der Waals surface area contributed by atoms with Crippen LogP contribution in [0.15, 0.2) is 24.3 Å². The summed E-state index contributed by atoms with van der Waals surface area (Å²) in [5.41, 5.74) is 2.07. The molecule has 0 aromatic heterocycles. The highest BCUT2D eigenvalue weighted by molar-refractivity contribution is 9.09. The monoisotopic (exact) mass is 338 g/mol. The molecule has 0 radical (unpaired) electrons. The number of benzene rings is 1. The quantitative estimate of drug-likeness (QED) is 0.609. The molecular weight excluding hydrogens is 316 g/mol. The lowest BCUT2D eigenvalue weighted by Crippen LogP contribution is -2.48. The molecule has 110 valence electrons. The van der Waals surface area contributed by atoms with Gasteiger partial charge in [-0.2, -0.15) is 0 Å². The molecule has 1 fully saturated rings. The van der Waals surface area contributed by atoms with Gasteiger partial charge in [-0.15, -0.1) is 0 Å². The van der Waals surface area contributed by atoms with E-state index in [4.69, 9.17) is 0 Å². The molecule has 1 aromatic carbocycles. The maximum atomic E-state index is 11.6. The highest BCUT2D eigenvalue weighted by Gasteiger charge is 2.18. The van der Waals surface area contributed by atoms with Crippen molar-refractivity contribution in [2.75, 3.05) is 31.5 Å². The first-order valence-corrected chi connectivity index (χ1v) is 8.37. The topological polar surface area (TPSA) is 23.6 Å². The Balaban J connectivity index is 1.87. The van der Waals surface area contributed by atoms with Crippen LogP contribution in [0.5, 0.6) is 0 Å². The Labute approximate surface area is 130 Å². The fourth-order valence-corrected chi connectivity index (χ4v) is 2.89. The minimum absolute atomic E-state index is 0.141. The third-order valence-corrected chi connectivity index (χ3v) is 4.45. The first-order valence-electron chi connectivity index (χ1n) is 7.24. The number of nitrogens with zero attached hydrogens (tertiary/aromatic N) is 2. The summed E-state index contributed by atoms with van der Waals surface area (Å²) in [5.74, 6) is 0.141. The Morgan fingerprint density at radius 3 is 2.25 bits per heavy atom. The van der Waals surface area contributed by atoms with Gasteiger partial charge in [0.15, 0.2) is 5.78 Å². The number of ketones is 1. The molecule has 3 nitrogen and oxygen atoms in total. The Hall–Kier alpha value is -0.710. The van der Waals surface area contributed by atoms with Crippen LogP contribution in [-0.2, 0) is 6.54 Å². The van der Waals surface area contributed by atoms with E-state index < -0.39 is 0 Å². The van der Waals surface area contributed by atoms with Crippen molar-refractivity contribution in [2.45, 2.75) is 26.4 Å². The summed E-state index contributed by atoms with van der Waals surface area (Å²) < 4.78 is 0. The molecule has 0 spiro atoms. The molecule has 0 amide bonds. The molecule has 0 saturated carbocycles. The van der Waals surface area contributed by atoms with Gasteiger partial charge in [0.25, 0.3) is 0 Å². The summed E-state index contributed by atoms with van der Waals surface area (Å²) in [6.07, 6.45) is 0. The lowest BCUT2D eigenvalue weighted by molar-refractivity contribution is 0.102. The predicted molar refractivity (Wildman–Crippen MR) is 86.6 cm³/mol. The van der Waals surface area contributed by atoms with Crippen LogP contribution in [0.4, 0.5) is 0 Å². The molecule has 1 heterocycles. The van der Waals surface area contributed by atoms with Crippen molar-refractivity contribution in [3.05, 3.63) is 35.4 Å². The molecule has 0 N–H and O–H groups in total. The van der Waals surface area contributed by atoms with Gasteiger partial charge < -0.3 is 0 Å². The second-order valence-corrected chi connectivity index (χ2v) is 6.22. The van der Waals surface area contributed by atoms with E-state index in [-0.39, 0.29) is 5.78 Å². The molecule has 1 aromatic rings. The van der Waals surface area contributed by atoms with Crippen molar-refractivity contribution in [3.63, 3.8) is 0 Å². The second kappa shape index (κ2) is 7.34. The van der Waals surface area contributed by atoms with Crippen molar-refractivity contribution in [3.8, 4) is 0 Å². The van der Waals surface area contributed by atoms with E-state index in [1.54, 1.807) is 0 Å². The Morgan fingerprint density at radius 2 is 1.75 bits per heavy atom. The molecule has 0 unspecified atom stereocenters. The van der Waals surface area contributed by atoms with E-state index in [1.807, 2.05) is 12.1 Å². The van der Waals surface area contributed by atoms with Crippen LogP contribution in [-0.4, -0.2) is 53.1 Å². The van der Waals surface area contributed by atoms with Crippen molar-refractivity contribution in [2.24, 2.45) is 0 Å². The van der Waals surface area contributed by atoms with Crippen molar-refractivity contribution in [1.29, 1.82) is 0 Å². The highest BCUT2D eigenvalue weighted by Crippen LogP contribution is 2.12. The van der Waals surface area contributed by atoms with E-state index in [0.717, 1.165) is 38.3 Å². The average molecular weight is 339 g/mol. The number of halogens is 1. The largest absolute Gasteiger partial charge is 0.298 e. The third-order valence-electron chi connectivity index (χ3n) is 3.94. The lowest BCUT2D eigenvalue weighted by Gasteiger charge is -2.36. The summed E-state index contributed by atoms with van der Waals surface area (Å²) in [4.78, 5) is 16.6. The fraction of sp³-hybridized carbons (Fsp3) is 0.562. The van der Waals surface area contributed by atoms with Crippen LogP contribution in [0, 0.1) is 0 Å². The van der Waals surface area contributed by atoms with Crippen LogP contribution < -0.4 is 0 Å². The lowest BCUT2D eigenvalue weighted by atomic mass is 10.1. The molecule has 4 heteroatoms. The zero-order chi connectivity index (χ0) is 14.5. The van der Waals surface area contributed by atoms with Crippen LogP contribution in [0.25, 0.3) is 0 Å². The normalized spacial score (nSPS) is 17.6. The summed E-state index contributed by atoms with van der Waals surface area (Å²) in [7, 11) is 0. The Morgan fingerprint density at radius 1 is 1.15 bits per heavy atom. The van der Waals surface area contributed by atoms with Gasteiger partial charge in [0.2, 0.25) is 0 Å². The molecular formula is C16H23BrN2O. The van der Waals surface area contributed by atoms with Crippen molar-refractivity contribution < 1.29 is 4.79 Å². The van der Waals surface area contributed by atoms with E-state index in [0.29, 0.717) is 11.4 Å². The molecule has 0 aliphatic carbocycles. The number of piperazine rings is 1. The van der Waals surface area contributed by atoms with Gasteiger partial charge in [-0.3, -0.25) is 14.6 Å². The molecule has 2 rings (SSSR count). The zero-order valence-corrected chi connectivity index (χ0v) is 13.9. The third kappa shape index (κ3) is 4.14. The summed E-state index contributed by atoms with van der Waals surface area (Å²) >= 11 is 3.20. The number of hydrogen-bond acceptors (Lipinski definition) is 3. The van der Waals surface area contributed by atoms with E-state index in [9.17, 15) is 4.79 Å². The fourth-order valence-electron chi connectivity index (χ4n) is 2.57. The van der Waals surface area contributed by atoms with Crippen molar-refractivity contribution in [1.82, 2.24) is 9.80 Å². The average Bonchev–Trinajstić information content (AvgIpc) is 2.48. The maximum absolute atomic E-state index is 11.6. The van der Waals surface area contributed by atoms with Gasteiger partial charge in [0.1, 0.15) is 0 Å². The molecule has 20 heavy (non-hydrogen) atoms. The Kier molecular flexibility index (Phi) is 5.75. The number of Topliss-reactive ketones (excluding diaryl/α,β-unsaturated/α-hetero) is 1. The van der Waals surface area contributed by atoms with Crippen molar-refractivity contribution >= 4 is 21.7 Å². The number of carbonyl (C=O) groups is 1. The second-order valence-electron chi connectivity index (χ2n) is 5.66. The van der Waals surface area contributed by atoms with Gasteiger partial charge in [-0.05, 0) is 19.4 Å². The van der Waals surface area contributed by atoms with Gasteiger partial charge in [-0.25, -0.2) is 0 Å². The smallest absolute Gasteiger partial charge is 0.173 e. The number of alkyl halides is 1. The van der Waals surface area contributed by atoms with Crippen LogP contribution in [0.1, 0.15) is 29.8 Å². The SMILES string of the molecule is CC(C)N1CCN(Cc2ccc(C(=O)CBr)cc2)CC1. The standard InChI is InChI=1S/C16H23BrN2O/c1-13(2)19-9-7-18(8-10-19)12-14-3-5-15(6-4-14)16(20)11-17/h3-6,13H,7-12H2,1-2H3. The van der Waals surface area contributed by atoms with E-state index in [1.165, 1.54) is 5.56 Å². The number of hydrogen-bond donors (Lipinski definition) is 0. The van der Waals surface area contributed by atoms with Gasteiger partial charge >= 0.3 is 0 Å². The maximum Gasteiger partial charge on any atom is 0.173 e. The summed E-state index contributed by atoms with van der Waals surface area (Å²) in [5, 5.41) is 0.392. The zero-order valence-electron chi connectivity index (χ0n) is 12.3. The molecule has 1 aliphatic rings. The summed E-state index contributed by atoms with van der Waals surface area (Å²) in [6, 6.07) is 8.66. The summed E-state index contributed by atoms with van der Waals surface area (Å²) in [6.45, 7) is 10.1. The van der Waals surface area contributed by atoms with Crippen LogP contribution in [0.3, 0.4) is 0 Å². The minimum Gasteiger partial charge on any atom is -0.298 e.